The zero-order valence-electron chi connectivity index (χ0n) is 12.9. The Morgan fingerprint density at radius 3 is 2.76 bits per heavy atom. The highest BCUT2D eigenvalue weighted by Crippen LogP contribution is 2.22. The number of carbonyl (C=O) groups is 1. The molecule has 2 heterocycles. The third-order valence-electron chi connectivity index (χ3n) is 3.97. The summed E-state index contributed by atoms with van der Waals surface area (Å²) in [5.74, 6) is 6.89. The van der Waals surface area contributed by atoms with Crippen LogP contribution in [0.15, 0.2) is 24.4 Å². The molecule has 112 valence electrons. The standard InChI is InChI=1S/C17H23N3O/c1-3-7-17(21)19(4-2)14-15-9-12-20(13-10-15)16-8-5-6-11-18-16/h5-6,8,11,15H,4,9-10,12-14H2,1-2H3. The van der Waals surface area contributed by atoms with Crippen molar-refractivity contribution in [1.29, 1.82) is 0 Å². The van der Waals surface area contributed by atoms with Crippen molar-refractivity contribution >= 4 is 11.7 Å². The van der Waals surface area contributed by atoms with Gasteiger partial charge in [0, 0.05) is 32.4 Å². The predicted octanol–water partition coefficient (Wildman–Crippen LogP) is 2.17. The Balaban J connectivity index is 1.86. The van der Waals surface area contributed by atoms with Crippen molar-refractivity contribution in [3.63, 3.8) is 0 Å². The van der Waals surface area contributed by atoms with Crippen LogP contribution in [0.2, 0.25) is 0 Å². The zero-order valence-corrected chi connectivity index (χ0v) is 12.9. The van der Waals surface area contributed by atoms with Gasteiger partial charge < -0.3 is 9.80 Å². The quantitative estimate of drug-likeness (QED) is 0.796. The second-order valence-corrected chi connectivity index (χ2v) is 5.34. The smallest absolute Gasteiger partial charge is 0.298 e. The lowest BCUT2D eigenvalue weighted by molar-refractivity contribution is -0.125. The zero-order chi connectivity index (χ0) is 15.1. The molecule has 0 radical (unpaired) electrons. The third-order valence-corrected chi connectivity index (χ3v) is 3.97. The summed E-state index contributed by atoms with van der Waals surface area (Å²) < 4.78 is 0. The number of hydrogen-bond donors (Lipinski definition) is 0. The molecule has 1 aliphatic heterocycles. The average Bonchev–Trinajstić information content (AvgIpc) is 2.54. The highest BCUT2D eigenvalue weighted by atomic mass is 16.2. The van der Waals surface area contributed by atoms with E-state index in [2.05, 4.69) is 27.8 Å². The maximum atomic E-state index is 11.9. The maximum absolute atomic E-state index is 11.9. The Morgan fingerprint density at radius 2 is 2.19 bits per heavy atom. The Bertz CT molecular complexity index is 510. The molecule has 0 aromatic carbocycles. The molecule has 21 heavy (non-hydrogen) atoms. The second kappa shape index (κ2) is 7.68. The van der Waals surface area contributed by atoms with Gasteiger partial charge in [0.25, 0.3) is 5.91 Å². The first kappa shape index (κ1) is 15.4. The number of pyridine rings is 1. The van der Waals surface area contributed by atoms with Crippen molar-refractivity contribution in [2.24, 2.45) is 5.92 Å². The first-order valence-corrected chi connectivity index (χ1v) is 7.62. The van der Waals surface area contributed by atoms with Crippen LogP contribution in [0.3, 0.4) is 0 Å². The number of aromatic nitrogens is 1. The molecule has 2 rings (SSSR count). The van der Waals surface area contributed by atoms with E-state index in [1.165, 1.54) is 0 Å². The topological polar surface area (TPSA) is 36.4 Å². The molecule has 1 amide bonds. The molecule has 1 fully saturated rings. The number of carbonyl (C=O) groups excluding carboxylic acids is 1. The van der Waals surface area contributed by atoms with Crippen molar-refractivity contribution in [2.45, 2.75) is 26.7 Å². The average molecular weight is 285 g/mol. The van der Waals surface area contributed by atoms with E-state index >= 15 is 0 Å². The normalized spacial score (nSPS) is 15.2. The van der Waals surface area contributed by atoms with Crippen LogP contribution in [0, 0.1) is 17.8 Å². The molecule has 1 saturated heterocycles. The van der Waals surface area contributed by atoms with Crippen LogP contribution in [0.5, 0.6) is 0 Å². The summed E-state index contributed by atoms with van der Waals surface area (Å²) in [5.41, 5.74) is 0. The number of hydrogen-bond acceptors (Lipinski definition) is 3. The van der Waals surface area contributed by atoms with Crippen LogP contribution >= 0.6 is 0 Å². The Hall–Kier alpha value is -2.02. The molecule has 4 heteroatoms. The largest absolute Gasteiger partial charge is 0.357 e. The first-order chi connectivity index (χ1) is 10.2. The number of nitrogens with zero attached hydrogens (tertiary/aromatic N) is 3. The van der Waals surface area contributed by atoms with Crippen molar-refractivity contribution < 1.29 is 4.79 Å². The minimum atomic E-state index is -0.0489. The fourth-order valence-electron chi connectivity index (χ4n) is 2.74. The summed E-state index contributed by atoms with van der Waals surface area (Å²) in [6.07, 6.45) is 4.03. The van der Waals surface area contributed by atoms with Gasteiger partial charge in [0.2, 0.25) is 0 Å². The van der Waals surface area contributed by atoms with Crippen LogP contribution in [0.25, 0.3) is 0 Å². The molecule has 0 spiro atoms. The molecule has 1 aromatic rings. The fourth-order valence-corrected chi connectivity index (χ4v) is 2.74. The molecule has 0 aliphatic carbocycles. The molecule has 0 atom stereocenters. The van der Waals surface area contributed by atoms with Crippen molar-refractivity contribution in [3.05, 3.63) is 24.4 Å². The fraction of sp³-hybridized carbons (Fsp3) is 0.529. The minimum absolute atomic E-state index is 0.0489. The van der Waals surface area contributed by atoms with E-state index in [-0.39, 0.29) is 5.91 Å². The Morgan fingerprint density at radius 1 is 1.43 bits per heavy atom. The van der Waals surface area contributed by atoms with Gasteiger partial charge >= 0.3 is 0 Å². The van der Waals surface area contributed by atoms with Gasteiger partial charge in [-0.05, 0) is 50.7 Å². The SMILES string of the molecule is CC#CC(=O)N(CC)CC1CCN(c2ccccn2)CC1. The van der Waals surface area contributed by atoms with Gasteiger partial charge in [0.05, 0.1) is 0 Å². The first-order valence-electron chi connectivity index (χ1n) is 7.62. The lowest BCUT2D eigenvalue weighted by atomic mass is 9.96. The maximum Gasteiger partial charge on any atom is 0.298 e. The van der Waals surface area contributed by atoms with Gasteiger partial charge in [-0.2, -0.15) is 0 Å². The van der Waals surface area contributed by atoms with Crippen molar-refractivity contribution in [3.8, 4) is 11.8 Å². The Labute approximate surface area is 127 Å². The Kier molecular flexibility index (Phi) is 5.62. The second-order valence-electron chi connectivity index (χ2n) is 5.34. The summed E-state index contributed by atoms with van der Waals surface area (Å²) in [4.78, 5) is 20.4. The van der Waals surface area contributed by atoms with Gasteiger partial charge in [0.15, 0.2) is 0 Å². The van der Waals surface area contributed by atoms with E-state index in [1.54, 1.807) is 6.92 Å². The van der Waals surface area contributed by atoms with Gasteiger partial charge in [-0.15, -0.1) is 0 Å². The van der Waals surface area contributed by atoms with Crippen LogP contribution in [0.1, 0.15) is 26.7 Å². The number of anilines is 1. The predicted molar refractivity (Wildman–Crippen MR) is 84.9 cm³/mol. The summed E-state index contributed by atoms with van der Waals surface area (Å²) in [5, 5.41) is 0. The number of piperidine rings is 1. The third kappa shape index (κ3) is 4.22. The van der Waals surface area contributed by atoms with Gasteiger partial charge in [-0.1, -0.05) is 12.0 Å². The lowest BCUT2D eigenvalue weighted by Gasteiger charge is -2.34. The molecule has 1 aromatic heterocycles. The summed E-state index contributed by atoms with van der Waals surface area (Å²) in [6, 6.07) is 6.02. The van der Waals surface area contributed by atoms with E-state index in [1.807, 2.05) is 30.2 Å². The molecular formula is C17H23N3O. The van der Waals surface area contributed by atoms with Crippen LogP contribution in [-0.4, -0.2) is 42.0 Å². The van der Waals surface area contributed by atoms with Gasteiger partial charge in [-0.25, -0.2) is 4.98 Å². The number of amides is 1. The van der Waals surface area contributed by atoms with E-state index < -0.39 is 0 Å². The van der Waals surface area contributed by atoms with E-state index in [4.69, 9.17) is 0 Å². The molecule has 0 saturated carbocycles. The van der Waals surface area contributed by atoms with Crippen molar-refractivity contribution in [1.82, 2.24) is 9.88 Å². The molecule has 1 aliphatic rings. The van der Waals surface area contributed by atoms with Crippen molar-refractivity contribution in [2.75, 3.05) is 31.1 Å². The summed E-state index contributed by atoms with van der Waals surface area (Å²) in [7, 11) is 0. The van der Waals surface area contributed by atoms with Gasteiger partial charge in [-0.3, -0.25) is 4.79 Å². The van der Waals surface area contributed by atoms with E-state index in [0.29, 0.717) is 5.92 Å². The van der Waals surface area contributed by atoms with E-state index in [9.17, 15) is 4.79 Å². The number of rotatable bonds is 4. The molecule has 0 bridgehead atoms. The minimum Gasteiger partial charge on any atom is -0.357 e. The van der Waals surface area contributed by atoms with Crippen LogP contribution < -0.4 is 4.90 Å². The summed E-state index contributed by atoms with van der Waals surface area (Å²) in [6.45, 7) is 7.28. The highest BCUT2D eigenvalue weighted by Gasteiger charge is 2.23. The monoisotopic (exact) mass is 285 g/mol. The lowest BCUT2D eigenvalue weighted by Crippen LogP contribution is -2.40. The molecule has 0 N–H and O–H groups in total. The van der Waals surface area contributed by atoms with E-state index in [0.717, 1.165) is 44.8 Å². The summed E-state index contributed by atoms with van der Waals surface area (Å²) >= 11 is 0. The van der Waals surface area contributed by atoms with Crippen LogP contribution in [-0.2, 0) is 4.79 Å². The highest BCUT2D eigenvalue weighted by molar-refractivity contribution is 5.93. The van der Waals surface area contributed by atoms with Crippen LogP contribution in [0.4, 0.5) is 5.82 Å². The molecule has 4 nitrogen and oxygen atoms in total. The molecule has 0 unspecified atom stereocenters. The molecular weight excluding hydrogens is 262 g/mol. The van der Waals surface area contributed by atoms with Gasteiger partial charge in [0.1, 0.15) is 5.82 Å².